The van der Waals surface area contributed by atoms with Crippen LogP contribution in [0.1, 0.15) is 29.0 Å². The van der Waals surface area contributed by atoms with Crippen LogP contribution >= 0.6 is 11.6 Å². The monoisotopic (exact) mass is 225 g/mol. The van der Waals surface area contributed by atoms with Crippen LogP contribution in [0.15, 0.2) is 0 Å². The molecule has 1 aromatic rings. The normalized spacial score (nSPS) is 15.7. The molecule has 2 rings (SSSR count). The fourth-order valence-electron chi connectivity index (χ4n) is 1.80. The molecule has 0 spiro atoms. The quantitative estimate of drug-likeness (QED) is 0.569. The van der Waals surface area contributed by atoms with Gasteiger partial charge in [0.2, 0.25) is 0 Å². The van der Waals surface area contributed by atoms with Gasteiger partial charge in [-0.25, -0.2) is 9.97 Å². The van der Waals surface area contributed by atoms with E-state index in [0.29, 0.717) is 17.2 Å². The van der Waals surface area contributed by atoms with E-state index in [9.17, 15) is 4.79 Å². The Morgan fingerprint density at radius 2 is 2.00 bits per heavy atom. The van der Waals surface area contributed by atoms with Crippen molar-refractivity contribution in [2.45, 2.75) is 19.8 Å². The minimum absolute atomic E-state index is 0.249. The van der Waals surface area contributed by atoms with E-state index < -0.39 is 0 Å². The molecule has 0 atom stereocenters. The average Bonchev–Trinajstić information content (AvgIpc) is 2.69. The van der Waals surface area contributed by atoms with Crippen LogP contribution in [-0.4, -0.2) is 29.3 Å². The first-order valence-electron chi connectivity index (χ1n) is 4.96. The smallest absolute Gasteiger partial charge is 0.156 e. The summed E-state index contributed by atoms with van der Waals surface area (Å²) in [6.45, 7) is 3.65. The highest BCUT2D eigenvalue weighted by Gasteiger charge is 2.20. The first kappa shape index (κ1) is 10.4. The maximum atomic E-state index is 10.9. The molecule has 0 unspecified atom stereocenters. The third-order valence-corrected chi connectivity index (χ3v) is 2.80. The zero-order valence-electron chi connectivity index (χ0n) is 8.53. The van der Waals surface area contributed by atoms with Crippen molar-refractivity contribution in [3.8, 4) is 0 Å². The number of aromatic nitrogens is 2. The van der Waals surface area contributed by atoms with E-state index in [2.05, 4.69) is 14.9 Å². The van der Waals surface area contributed by atoms with Crippen LogP contribution in [0.4, 0.5) is 5.82 Å². The Kier molecular flexibility index (Phi) is 2.86. The van der Waals surface area contributed by atoms with Crippen molar-refractivity contribution in [2.75, 3.05) is 18.0 Å². The maximum absolute atomic E-state index is 10.9. The molecular weight excluding hydrogens is 214 g/mol. The van der Waals surface area contributed by atoms with Gasteiger partial charge in [0.25, 0.3) is 0 Å². The second kappa shape index (κ2) is 4.14. The third-order valence-electron chi connectivity index (χ3n) is 2.51. The summed E-state index contributed by atoms with van der Waals surface area (Å²) in [5.41, 5.74) is 0.407. The Bertz CT molecular complexity index is 388. The van der Waals surface area contributed by atoms with Crippen LogP contribution in [0, 0.1) is 6.92 Å². The van der Waals surface area contributed by atoms with Gasteiger partial charge in [-0.2, -0.15) is 0 Å². The number of carbonyl (C=O) groups excluding carboxylic acids is 1. The zero-order valence-corrected chi connectivity index (χ0v) is 9.29. The molecular formula is C10H12ClN3O. The van der Waals surface area contributed by atoms with Gasteiger partial charge in [0.05, 0.1) is 5.56 Å². The summed E-state index contributed by atoms with van der Waals surface area (Å²) in [5.74, 6) is 1.28. The van der Waals surface area contributed by atoms with Crippen molar-refractivity contribution in [1.82, 2.24) is 9.97 Å². The molecule has 2 heterocycles. The van der Waals surface area contributed by atoms with E-state index in [1.807, 2.05) is 0 Å². The summed E-state index contributed by atoms with van der Waals surface area (Å²) in [5, 5.41) is 0.249. The van der Waals surface area contributed by atoms with E-state index in [1.165, 1.54) is 0 Å². The van der Waals surface area contributed by atoms with Crippen molar-refractivity contribution >= 4 is 23.7 Å². The number of rotatable bonds is 2. The van der Waals surface area contributed by atoms with Gasteiger partial charge in [0.1, 0.15) is 16.8 Å². The van der Waals surface area contributed by atoms with Crippen molar-refractivity contribution in [3.05, 3.63) is 16.5 Å². The van der Waals surface area contributed by atoms with E-state index in [0.717, 1.165) is 32.2 Å². The Morgan fingerprint density at radius 3 is 2.60 bits per heavy atom. The van der Waals surface area contributed by atoms with Gasteiger partial charge >= 0.3 is 0 Å². The second-order valence-electron chi connectivity index (χ2n) is 3.61. The molecule has 15 heavy (non-hydrogen) atoms. The molecule has 0 N–H and O–H groups in total. The highest BCUT2D eigenvalue weighted by atomic mass is 35.5. The summed E-state index contributed by atoms with van der Waals surface area (Å²) in [6.07, 6.45) is 3.01. The van der Waals surface area contributed by atoms with Gasteiger partial charge < -0.3 is 4.90 Å². The summed E-state index contributed by atoms with van der Waals surface area (Å²) in [4.78, 5) is 21.3. The Hall–Kier alpha value is -1.16. The number of aldehydes is 1. The maximum Gasteiger partial charge on any atom is 0.156 e. The number of aryl methyl sites for hydroxylation is 1. The van der Waals surface area contributed by atoms with Crippen LogP contribution in [0.3, 0.4) is 0 Å². The highest BCUT2D eigenvalue weighted by molar-refractivity contribution is 6.32. The number of hydrogen-bond donors (Lipinski definition) is 0. The molecule has 0 aliphatic carbocycles. The summed E-state index contributed by atoms with van der Waals surface area (Å²) >= 11 is 5.90. The molecule has 0 saturated carbocycles. The topological polar surface area (TPSA) is 46.1 Å². The lowest BCUT2D eigenvalue weighted by Gasteiger charge is -2.18. The van der Waals surface area contributed by atoms with Gasteiger partial charge in [-0.1, -0.05) is 11.6 Å². The van der Waals surface area contributed by atoms with Crippen molar-refractivity contribution < 1.29 is 4.79 Å². The van der Waals surface area contributed by atoms with Gasteiger partial charge in [-0.05, 0) is 19.8 Å². The fraction of sp³-hybridized carbons (Fsp3) is 0.500. The lowest BCUT2D eigenvalue weighted by atomic mass is 10.3. The van der Waals surface area contributed by atoms with Crippen LogP contribution in [0.25, 0.3) is 0 Å². The summed E-state index contributed by atoms with van der Waals surface area (Å²) < 4.78 is 0. The third kappa shape index (κ3) is 1.95. The lowest BCUT2D eigenvalue weighted by Crippen LogP contribution is -2.21. The highest BCUT2D eigenvalue weighted by Crippen LogP contribution is 2.25. The summed E-state index contributed by atoms with van der Waals surface area (Å²) in [6, 6.07) is 0. The van der Waals surface area contributed by atoms with Crippen molar-refractivity contribution in [2.24, 2.45) is 0 Å². The van der Waals surface area contributed by atoms with Gasteiger partial charge in [0.15, 0.2) is 6.29 Å². The second-order valence-corrected chi connectivity index (χ2v) is 3.97. The molecule has 1 aromatic heterocycles. The van der Waals surface area contributed by atoms with Crippen LogP contribution in [0.2, 0.25) is 5.15 Å². The van der Waals surface area contributed by atoms with Crippen molar-refractivity contribution in [1.29, 1.82) is 0 Å². The lowest BCUT2D eigenvalue weighted by molar-refractivity contribution is 0.112. The predicted molar refractivity (Wildman–Crippen MR) is 58.6 cm³/mol. The molecule has 1 saturated heterocycles. The van der Waals surface area contributed by atoms with Gasteiger partial charge in [0, 0.05) is 13.1 Å². The van der Waals surface area contributed by atoms with Crippen molar-refractivity contribution in [3.63, 3.8) is 0 Å². The largest absolute Gasteiger partial charge is 0.356 e. The molecule has 1 fully saturated rings. The van der Waals surface area contributed by atoms with E-state index >= 15 is 0 Å². The molecule has 5 heteroatoms. The molecule has 0 aromatic carbocycles. The Labute approximate surface area is 93.3 Å². The van der Waals surface area contributed by atoms with Gasteiger partial charge in [-0.3, -0.25) is 4.79 Å². The SMILES string of the molecule is Cc1nc(Cl)c(C=O)c(N2CCCC2)n1. The predicted octanol–water partition coefficient (Wildman–Crippen LogP) is 1.85. The molecule has 4 nitrogen and oxygen atoms in total. The molecule has 1 aliphatic rings. The van der Waals surface area contributed by atoms with E-state index in [-0.39, 0.29) is 5.15 Å². The molecule has 0 radical (unpaired) electrons. The Morgan fingerprint density at radius 1 is 1.33 bits per heavy atom. The molecule has 80 valence electrons. The van der Waals surface area contributed by atoms with Crippen LogP contribution in [-0.2, 0) is 0 Å². The molecule has 1 aliphatic heterocycles. The van der Waals surface area contributed by atoms with E-state index in [1.54, 1.807) is 6.92 Å². The van der Waals surface area contributed by atoms with Crippen LogP contribution in [0.5, 0.6) is 0 Å². The summed E-state index contributed by atoms with van der Waals surface area (Å²) in [7, 11) is 0. The number of nitrogens with zero attached hydrogens (tertiary/aromatic N) is 3. The van der Waals surface area contributed by atoms with Crippen LogP contribution < -0.4 is 4.90 Å². The van der Waals surface area contributed by atoms with Gasteiger partial charge in [-0.15, -0.1) is 0 Å². The number of hydrogen-bond acceptors (Lipinski definition) is 4. The average molecular weight is 226 g/mol. The fourth-order valence-corrected chi connectivity index (χ4v) is 2.06. The Balaban J connectivity index is 2.47. The zero-order chi connectivity index (χ0) is 10.8. The minimum atomic E-state index is 0.249. The molecule has 0 bridgehead atoms. The first-order chi connectivity index (χ1) is 7.22. The standard InChI is InChI=1S/C10H12ClN3O/c1-7-12-9(11)8(6-15)10(13-7)14-4-2-3-5-14/h6H,2-5H2,1H3. The number of anilines is 1. The van der Waals surface area contributed by atoms with E-state index in [4.69, 9.17) is 11.6 Å². The first-order valence-corrected chi connectivity index (χ1v) is 5.34. The number of halogens is 1. The minimum Gasteiger partial charge on any atom is -0.356 e. The number of carbonyl (C=O) groups is 1. The molecule has 0 amide bonds.